The van der Waals surface area contributed by atoms with Crippen molar-refractivity contribution in [2.24, 2.45) is 17.6 Å². The Hall–Kier alpha value is -0.610. The second kappa shape index (κ2) is 7.25. The second-order valence-corrected chi connectivity index (χ2v) is 6.10. The van der Waals surface area contributed by atoms with Gasteiger partial charge in [0.05, 0.1) is 0 Å². The van der Waals surface area contributed by atoms with Gasteiger partial charge in [-0.15, -0.1) is 0 Å². The van der Waals surface area contributed by atoms with Gasteiger partial charge in [0.15, 0.2) is 0 Å². The molecule has 0 unspecified atom stereocenters. The number of nitrogens with two attached hydrogens (primary N) is 1. The van der Waals surface area contributed by atoms with E-state index in [4.69, 9.17) is 5.73 Å². The molecule has 2 rings (SSSR count). The van der Waals surface area contributed by atoms with E-state index in [-0.39, 0.29) is 11.8 Å². The van der Waals surface area contributed by atoms with Crippen LogP contribution in [-0.2, 0) is 4.79 Å². The molecule has 0 aromatic rings. The Bertz CT molecular complexity index is 283. The number of likely N-dealkylation sites (N-methyl/N-ethyl adjacent to an activating group) is 1. The van der Waals surface area contributed by atoms with Gasteiger partial charge in [-0.3, -0.25) is 9.69 Å². The molecule has 110 valence electrons. The van der Waals surface area contributed by atoms with Gasteiger partial charge in [-0.2, -0.15) is 0 Å². The van der Waals surface area contributed by atoms with E-state index in [1.165, 1.54) is 12.8 Å². The zero-order valence-corrected chi connectivity index (χ0v) is 12.2. The summed E-state index contributed by atoms with van der Waals surface area (Å²) in [5.41, 5.74) is 5.68. The molecule has 2 aliphatic carbocycles. The maximum absolute atomic E-state index is 12.1. The van der Waals surface area contributed by atoms with Crippen molar-refractivity contribution >= 4 is 5.91 Å². The highest BCUT2D eigenvalue weighted by Crippen LogP contribution is 2.28. The summed E-state index contributed by atoms with van der Waals surface area (Å²) in [5.74, 6) is 1.15. The van der Waals surface area contributed by atoms with Crippen molar-refractivity contribution in [2.75, 3.05) is 26.2 Å². The Kier molecular flexibility index (Phi) is 5.64. The number of hydrogen-bond acceptors (Lipinski definition) is 3. The molecule has 3 N–H and O–H groups in total. The lowest BCUT2D eigenvalue weighted by Crippen LogP contribution is -2.39. The summed E-state index contributed by atoms with van der Waals surface area (Å²) in [4.78, 5) is 14.6. The number of carbonyl (C=O) groups excluding carboxylic acids is 1. The van der Waals surface area contributed by atoms with Crippen molar-refractivity contribution in [2.45, 2.75) is 51.5 Å². The average Bonchev–Trinajstić information content (AvgIpc) is 3.28. The fourth-order valence-electron chi connectivity index (χ4n) is 3.17. The molecule has 4 nitrogen and oxygen atoms in total. The molecule has 0 spiro atoms. The van der Waals surface area contributed by atoms with Crippen LogP contribution in [-0.4, -0.2) is 43.0 Å². The molecule has 0 aliphatic heterocycles. The van der Waals surface area contributed by atoms with Gasteiger partial charge in [-0.1, -0.05) is 6.92 Å². The molecule has 2 saturated carbocycles. The molecule has 1 amide bonds. The fraction of sp³-hybridized carbons (Fsp3) is 0.933. The predicted octanol–water partition coefficient (Wildman–Crippen LogP) is 1.35. The zero-order valence-electron chi connectivity index (χ0n) is 12.2. The lowest BCUT2D eigenvalue weighted by atomic mass is 9.81. The maximum atomic E-state index is 12.1. The highest BCUT2D eigenvalue weighted by molar-refractivity contribution is 5.78. The van der Waals surface area contributed by atoms with Crippen molar-refractivity contribution < 1.29 is 4.79 Å². The van der Waals surface area contributed by atoms with E-state index < -0.39 is 0 Å². The largest absolute Gasteiger partial charge is 0.355 e. The fourth-order valence-corrected chi connectivity index (χ4v) is 3.17. The average molecular weight is 267 g/mol. The van der Waals surface area contributed by atoms with Gasteiger partial charge in [0.2, 0.25) is 5.91 Å². The molecule has 2 fully saturated rings. The first-order valence-electron chi connectivity index (χ1n) is 7.96. The topological polar surface area (TPSA) is 58.4 Å². The molecule has 4 heteroatoms. The first-order valence-corrected chi connectivity index (χ1v) is 7.96. The van der Waals surface area contributed by atoms with Crippen LogP contribution in [0.5, 0.6) is 0 Å². The summed E-state index contributed by atoms with van der Waals surface area (Å²) in [5, 5.41) is 3.12. The van der Waals surface area contributed by atoms with Crippen molar-refractivity contribution in [3.05, 3.63) is 0 Å². The normalized spacial score (nSPS) is 27.5. The number of rotatable bonds is 7. The van der Waals surface area contributed by atoms with Crippen LogP contribution in [0.2, 0.25) is 0 Å². The molecular formula is C15H29N3O. The van der Waals surface area contributed by atoms with Crippen LogP contribution in [0.15, 0.2) is 0 Å². The van der Waals surface area contributed by atoms with Crippen LogP contribution < -0.4 is 11.1 Å². The van der Waals surface area contributed by atoms with E-state index in [1.807, 2.05) is 0 Å². The summed E-state index contributed by atoms with van der Waals surface area (Å²) in [7, 11) is 0. The van der Waals surface area contributed by atoms with Gasteiger partial charge in [0.25, 0.3) is 0 Å². The first kappa shape index (κ1) is 14.8. The Morgan fingerprint density at radius 2 is 1.89 bits per heavy atom. The number of amides is 1. The van der Waals surface area contributed by atoms with Crippen LogP contribution in [0.3, 0.4) is 0 Å². The van der Waals surface area contributed by atoms with E-state index in [0.717, 1.165) is 57.9 Å². The van der Waals surface area contributed by atoms with E-state index in [0.29, 0.717) is 5.92 Å². The minimum atomic E-state index is 0.235. The van der Waals surface area contributed by atoms with Gasteiger partial charge < -0.3 is 11.1 Å². The molecule has 0 heterocycles. The van der Waals surface area contributed by atoms with Gasteiger partial charge >= 0.3 is 0 Å². The monoisotopic (exact) mass is 267 g/mol. The second-order valence-electron chi connectivity index (χ2n) is 6.10. The first-order chi connectivity index (χ1) is 9.24. The standard InChI is InChI=1S/C15H29N3O/c1-2-18(14-7-8-14)10-9-17-15(19)13-5-3-12(11-16)4-6-13/h12-14H,2-11,16H2,1H3,(H,17,19). The highest BCUT2D eigenvalue weighted by atomic mass is 16.1. The van der Waals surface area contributed by atoms with Gasteiger partial charge in [-0.25, -0.2) is 0 Å². The van der Waals surface area contributed by atoms with Crippen LogP contribution >= 0.6 is 0 Å². The lowest BCUT2D eigenvalue weighted by molar-refractivity contribution is -0.126. The molecular weight excluding hydrogens is 238 g/mol. The quantitative estimate of drug-likeness (QED) is 0.732. The predicted molar refractivity (Wildman–Crippen MR) is 77.8 cm³/mol. The Morgan fingerprint density at radius 1 is 1.21 bits per heavy atom. The molecule has 0 radical (unpaired) electrons. The lowest BCUT2D eigenvalue weighted by Gasteiger charge is -2.27. The van der Waals surface area contributed by atoms with E-state index >= 15 is 0 Å². The van der Waals surface area contributed by atoms with E-state index in [2.05, 4.69) is 17.1 Å². The maximum Gasteiger partial charge on any atom is 0.223 e. The van der Waals surface area contributed by atoms with Crippen molar-refractivity contribution in [3.63, 3.8) is 0 Å². The summed E-state index contributed by atoms with van der Waals surface area (Å²) >= 11 is 0. The van der Waals surface area contributed by atoms with Gasteiger partial charge in [0.1, 0.15) is 0 Å². The van der Waals surface area contributed by atoms with E-state index in [1.54, 1.807) is 0 Å². The molecule has 19 heavy (non-hydrogen) atoms. The van der Waals surface area contributed by atoms with Crippen LogP contribution in [0.4, 0.5) is 0 Å². The molecule has 0 atom stereocenters. The highest BCUT2D eigenvalue weighted by Gasteiger charge is 2.28. The molecule has 0 saturated heterocycles. The van der Waals surface area contributed by atoms with Crippen LogP contribution in [0, 0.1) is 11.8 Å². The minimum Gasteiger partial charge on any atom is -0.355 e. The SMILES string of the molecule is CCN(CCNC(=O)C1CCC(CN)CC1)C1CC1. The number of nitrogens with zero attached hydrogens (tertiary/aromatic N) is 1. The van der Waals surface area contributed by atoms with Crippen molar-refractivity contribution in [1.29, 1.82) is 0 Å². The van der Waals surface area contributed by atoms with Crippen LogP contribution in [0.25, 0.3) is 0 Å². The number of hydrogen-bond donors (Lipinski definition) is 2. The van der Waals surface area contributed by atoms with Crippen molar-refractivity contribution in [3.8, 4) is 0 Å². The summed E-state index contributed by atoms with van der Waals surface area (Å²) < 4.78 is 0. The van der Waals surface area contributed by atoms with E-state index in [9.17, 15) is 4.79 Å². The zero-order chi connectivity index (χ0) is 13.7. The summed E-state index contributed by atoms with van der Waals surface area (Å²) in [6.07, 6.45) is 6.97. The third kappa shape index (κ3) is 4.46. The minimum absolute atomic E-state index is 0.235. The number of carbonyl (C=O) groups is 1. The van der Waals surface area contributed by atoms with Crippen molar-refractivity contribution in [1.82, 2.24) is 10.2 Å². The Balaban J connectivity index is 1.61. The third-order valence-corrected chi connectivity index (χ3v) is 4.72. The van der Waals surface area contributed by atoms with Gasteiger partial charge in [0, 0.05) is 25.0 Å². The Labute approximate surface area is 117 Å². The molecule has 0 aromatic carbocycles. The number of nitrogens with one attached hydrogen (secondary N) is 1. The molecule has 0 bridgehead atoms. The summed E-state index contributed by atoms with van der Waals surface area (Å²) in [6, 6.07) is 0.793. The Morgan fingerprint density at radius 3 is 2.42 bits per heavy atom. The van der Waals surface area contributed by atoms with Gasteiger partial charge in [-0.05, 0) is 57.5 Å². The smallest absolute Gasteiger partial charge is 0.223 e. The summed E-state index contributed by atoms with van der Waals surface area (Å²) in [6.45, 7) is 5.89. The molecule has 2 aliphatic rings. The molecule has 0 aromatic heterocycles. The third-order valence-electron chi connectivity index (χ3n) is 4.72. The van der Waals surface area contributed by atoms with Crippen LogP contribution in [0.1, 0.15) is 45.4 Å².